The maximum Gasteiger partial charge on any atom is 0.281 e. The number of pyridine rings is 1. The maximum absolute atomic E-state index is 14.6. The van der Waals surface area contributed by atoms with Crippen LogP contribution >= 0.6 is 0 Å². The fourth-order valence-corrected chi connectivity index (χ4v) is 3.62. The van der Waals surface area contributed by atoms with E-state index in [4.69, 9.17) is 4.52 Å². The van der Waals surface area contributed by atoms with Crippen molar-refractivity contribution in [2.45, 2.75) is 0 Å². The van der Waals surface area contributed by atoms with Crippen molar-refractivity contribution in [1.82, 2.24) is 35.1 Å². The van der Waals surface area contributed by atoms with E-state index in [2.05, 4.69) is 30.4 Å². The zero-order valence-corrected chi connectivity index (χ0v) is 16.5. The lowest BCUT2D eigenvalue weighted by atomic mass is 10.1. The van der Waals surface area contributed by atoms with Crippen molar-refractivity contribution in [3.05, 3.63) is 85.1 Å². The van der Waals surface area contributed by atoms with Crippen molar-refractivity contribution < 1.29 is 8.91 Å². The van der Waals surface area contributed by atoms with Crippen molar-refractivity contribution in [2.75, 3.05) is 0 Å². The summed E-state index contributed by atoms with van der Waals surface area (Å²) in [6.07, 6.45) is 5.16. The van der Waals surface area contributed by atoms with Crippen LogP contribution in [0.1, 0.15) is 0 Å². The number of hydrogen-bond donors (Lipinski definition) is 1. The zero-order chi connectivity index (χ0) is 21.5. The molecule has 1 N–H and O–H groups in total. The highest BCUT2D eigenvalue weighted by Crippen LogP contribution is 2.33. The van der Waals surface area contributed by atoms with E-state index >= 15 is 0 Å². The summed E-state index contributed by atoms with van der Waals surface area (Å²) in [5.74, 6) is 0.179. The minimum Gasteiger partial charge on any atom is -0.361 e. The fraction of sp³-hybridized carbons (Fsp3) is 0. The first-order valence-corrected chi connectivity index (χ1v) is 9.80. The average Bonchev–Trinajstić information content (AvgIpc) is 3.58. The minimum absolute atomic E-state index is 0.184. The topological polar surface area (TPSA) is 98.3 Å². The molecule has 0 saturated heterocycles. The maximum atomic E-state index is 14.6. The summed E-state index contributed by atoms with van der Waals surface area (Å²) in [7, 11) is 0. The molecular weight excluding hydrogens is 409 g/mol. The minimum atomic E-state index is -0.426. The molecule has 32 heavy (non-hydrogen) atoms. The lowest BCUT2D eigenvalue weighted by molar-refractivity contribution is 0.431. The molecule has 2 aromatic carbocycles. The number of para-hydroxylation sites is 1. The summed E-state index contributed by atoms with van der Waals surface area (Å²) >= 11 is 0. The van der Waals surface area contributed by atoms with Gasteiger partial charge in [0.15, 0.2) is 5.69 Å². The van der Waals surface area contributed by atoms with Gasteiger partial charge in [-0.1, -0.05) is 22.5 Å². The van der Waals surface area contributed by atoms with Crippen molar-refractivity contribution >= 4 is 10.9 Å². The van der Waals surface area contributed by atoms with E-state index in [0.717, 1.165) is 22.0 Å². The van der Waals surface area contributed by atoms with Gasteiger partial charge >= 0.3 is 0 Å². The highest BCUT2D eigenvalue weighted by atomic mass is 19.1. The number of H-pyrrole nitrogens is 1. The molecule has 0 fully saturated rings. The van der Waals surface area contributed by atoms with Crippen LogP contribution in [0.25, 0.3) is 50.8 Å². The Morgan fingerprint density at radius 1 is 0.938 bits per heavy atom. The third-order valence-corrected chi connectivity index (χ3v) is 5.14. The largest absolute Gasteiger partial charge is 0.361 e. The molecule has 0 bridgehead atoms. The van der Waals surface area contributed by atoms with Gasteiger partial charge in [-0.15, -0.1) is 5.10 Å². The summed E-state index contributed by atoms with van der Waals surface area (Å²) in [5.41, 5.74) is 3.69. The molecule has 4 heterocycles. The molecule has 0 aliphatic heterocycles. The van der Waals surface area contributed by atoms with Gasteiger partial charge in [-0.05, 0) is 48.5 Å². The molecule has 0 amide bonds. The molecular formula is C23H14FN7O. The Morgan fingerprint density at radius 2 is 1.81 bits per heavy atom. The van der Waals surface area contributed by atoms with Crippen LogP contribution in [-0.2, 0) is 0 Å². The van der Waals surface area contributed by atoms with Gasteiger partial charge in [0.05, 0.1) is 0 Å². The predicted molar refractivity (Wildman–Crippen MR) is 115 cm³/mol. The molecule has 154 valence electrons. The van der Waals surface area contributed by atoms with Gasteiger partial charge in [0.2, 0.25) is 5.82 Å². The third kappa shape index (κ3) is 2.95. The van der Waals surface area contributed by atoms with E-state index in [-0.39, 0.29) is 11.6 Å². The summed E-state index contributed by atoms with van der Waals surface area (Å²) in [5, 5.41) is 13.6. The molecule has 4 aromatic heterocycles. The second-order valence-corrected chi connectivity index (χ2v) is 7.09. The molecule has 0 radical (unpaired) electrons. The lowest BCUT2D eigenvalue weighted by Crippen LogP contribution is -2.02. The smallest absolute Gasteiger partial charge is 0.281 e. The van der Waals surface area contributed by atoms with Crippen molar-refractivity contribution in [2.24, 2.45) is 0 Å². The standard InChI is InChI=1S/C23H14FN7O/c24-17-3-1-2-4-19(17)31-21(14-7-10-25-11-8-14)20(28-30-31)23-27-22(29-32-23)16-5-6-18-15(13-16)9-12-26-18/h1-13,26H. The van der Waals surface area contributed by atoms with Crippen LogP contribution in [0.3, 0.4) is 0 Å². The van der Waals surface area contributed by atoms with E-state index in [1.807, 2.05) is 30.5 Å². The molecule has 0 unspecified atom stereocenters. The number of fused-ring (bicyclic) bond motifs is 1. The molecule has 0 aliphatic rings. The molecule has 6 aromatic rings. The van der Waals surface area contributed by atoms with Crippen molar-refractivity contribution in [1.29, 1.82) is 0 Å². The van der Waals surface area contributed by atoms with Crippen molar-refractivity contribution in [3.8, 4) is 39.9 Å². The molecule has 0 saturated carbocycles. The summed E-state index contributed by atoms with van der Waals surface area (Å²) in [6.45, 7) is 0. The quantitative estimate of drug-likeness (QED) is 0.443. The van der Waals surface area contributed by atoms with E-state index < -0.39 is 5.82 Å². The van der Waals surface area contributed by atoms with Crippen LogP contribution in [0.5, 0.6) is 0 Å². The van der Waals surface area contributed by atoms with Gasteiger partial charge in [-0.25, -0.2) is 9.07 Å². The molecule has 0 spiro atoms. The average molecular weight is 423 g/mol. The Labute approximate surface area is 180 Å². The van der Waals surface area contributed by atoms with E-state index in [0.29, 0.717) is 17.2 Å². The van der Waals surface area contributed by atoms with Gasteiger partial charge in [0, 0.05) is 40.6 Å². The number of nitrogens with zero attached hydrogens (tertiary/aromatic N) is 6. The summed E-state index contributed by atoms with van der Waals surface area (Å²) < 4.78 is 21.5. The first-order valence-electron chi connectivity index (χ1n) is 9.80. The Kier molecular flexibility index (Phi) is 4.10. The van der Waals surface area contributed by atoms with Crippen molar-refractivity contribution in [3.63, 3.8) is 0 Å². The van der Waals surface area contributed by atoms with Crippen LogP contribution in [-0.4, -0.2) is 35.1 Å². The van der Waals surface area contributed by atoms with E-state index in [1.165, 1.54) is 10.7 Å². The second kappa shape index (κ2) is 7.24. The number of nitrogens with one attached hydrogen (secondary N) is 1. The number of halogens is 1. The van der Waals surface area contributed by atoms with Gasteiger partial charge in [-0.2, -0.15) is 4.98 Å². The highest BCUT2D eigenvalue weighted by Gasteiger charge is 2.24. The van der Waals surface area contributed by atoms with Crippen LogP contribution in [0.4, 0.5) is 4.39 Å². The van der Waals surface area contributed by atoms with E-state index in [9.17, 15) is 4.39 Å². The molecule has 6 rings (SSSR count). The second-order valence-electron chi connectivity index (χ2n) is 7.09. The number of rotatable bonds is 4. The van der Waals surface area contributed by atoms with Gasteiger partial charge in [0.25, 0.3) is 5.89 Å². The molecule has 8 nitrogen and oxygen atoms in total. The summed E-state index contributed by atoms with van der Waals surface area (Å²) in [4.78, 5) is 11.8. The van der Waals surface area contributed by atoms with E-state index in [1.54, 1.807) is 42.7 Å². The fourth-order valence-electron chi connectivity index (χ4n) is 3.62. The summed E-state index contributed by atoms with van der Waals surface area (Å²) in [6, 6.07) is 17.7. The van der Waals surface area contributed by atoms with Crippen LogP contribution in [0.15, 0.2) is 83.8 Å². The van der Waals surface area contributed by atoms with Gasteiger partial charge < -0.3 is 9.51 Å². The number of aromatic nitrogens is 7. The third-order valence-electron chi connectivity index (χ3n) is 5.14. The molecule has 0 atom stereocenters. The van der Waals surface area contributed by atoms with Crippen LogP contribution < -0.4 is 0 Å². The van der Waals surface area contributed by atoms with Gasteiger partial charge in [0.1, 0.15) is 17.2 Å². The van der Waals surface area contributed by atoms with Crippen LogP contribution in [0.2, 0.25) is 0 Å². The first kappa shape index (κ1) is 18.1. The first-order chi connectivity index (χ1) is 15.8. The molecule has 0 aliphatic carbocycles. The molecule has 9 heteroatoms. The zero-order valence-electron chi connectivity index (χ0n) is 16.5. The number of aromatic amines is 1. The Balaban J connectivity index is 1.50. The Morgan fingerprint density at radius 3 is 2.69 bits per heavy atom. The Bertz CT molecular complexity index is 1550. The SMILES string of the molecule is Fc1ccccc1-n1nnc(-c2nc(-c3ccc4[nH]ccc4c3)no2)c1-c1ccncc1. The monoisotopic (exact) mass is 423 g/mol. The van der Waals surface area contributed by atoms with Gasteiger partial charge in [-0.3, -0.25) is 4.98 Å². The normalized spacial score (nSPS) is 11.3. The number of hydrogen-bond acceptors (Lipinski definition) is 6. The van der Waals surface area contributed by atoms with Crippen LogP contribution in [0, 0.1) is 5.82 Å². The highest BCUT2D eigenvalue weighted by molar-refractivity contribution is 5.84. The lowest BCUT2D eigenvalue weighted by Gasteiger charge is -2.08. The Hall–Kier alpha value is -4.66. The number of benzene rings is 2. The predicted octanol–water partition coefficient (Wildman–Crippen LogP) is 4.67.